The quantitative estimate of drug-likeness (QED) is 0.326. The van der Waals surface area contributed by atoms with Crippen molar-refractivity contribution in [3.8, 4) is 11.8 Å². The second-order valence-corrected chi connectivity index (χ2v) is 7.80. The van der Waals surface area contributed by atoms with Crippen LogP contribution in [0.2, 0.25) is 0 Å². The lowest BCUT2D eigenvalue weighted by Gasteiger charge is -2.14. The topological polar surface area (TPSA) is 78.6 Å². The number of benzene rings is 3. The summed E-state index contributed by atoms with van der Waals surface area (Å²) >= 11 is 1.40. The Morgan fingerprint density at radius 3 is 2.55 bits per heavy atom. The first kappa shape index (κ1) is 20.3. The van der Waals surface area contributed by atoms with Crippen molar-refractivity contribution < 1.29 is 9.53 Å². The van der Waals surface area contributed by atoms with Crippen molar-refractivity contribution in [2.24, 2.45) is 5.10 Å². The average molecular weight is 427 g/mol. The van der Waals surface area contributed by atoms with Crippen LogP contribution in [-0.2, 0) is 0 Å². The number of carbonyl (C=O) groups is 1. The molecule has 0 atom stereocenters. The van der Waals surface area contributed by atoms with Gasteiger partial charge in [0, 0.05) is 5.56 Å². The molecule has 31 heavy (non-hydrogen) atoms. The van der Waals surface area contributed by atoms with Gasteiger partial charge in [0.05, 0.1) is 35.2 Å². The van der Waals surface area contributed by atoms with Crippen LogP contribution in [0, 0.1) is 18.3 Å². The summed E-state index contributed by atoms with van der Waals surface area (Å²) in [5, 5.41) is 15.2. The Morgan fingerprint density at radius 1 is 1.13 bits per heavy atom. The highest BCUT2D eigenvalue weighted by atomic mass is 32.1. The monoisotopic (exact) mass is 426 g/mol. The third-order valence-electron chi connectivity index (χ3n) is 4.61. The predicted octanol–water partition coefficient (Wildman–Crippen LogP) is 5.17. The number of rotatable bonds is 5. The Hall–Kier alpha value is -4.02. The van der Waals surface area contributed by atoms with E-state index in [-0.39, 0.29) is 5.91 Å². The molecule has 4 rings (SSSR count). The lowest BCUT2D eigenvalue weighted by Crippen LogP contribution is -2.25. The zero-order valence-electron chi connectivity index (χ0n) is 16.9. The van der Waals surface area contributed by atoms with E-state index in [1.54, 1.807) is 37.6 Å². The number of fused-ring (bicyclic) bond motifs is 1. The minimum Gasteiger partial charge on any atom is -0.497 e. The van der Waals surface area contributed by atoms with Crippen molar-refractivity contribution in [3.05, 3.63) is 89.0 Å². The zero-order chi connectivity index (χ0) is 21.8. The number of nitrogens with zero attached hydrogens (tertiary/aromatic N) is 4. The van der Waals surface area contributed by atoms with Crippen molar-refractivity contribution in [3.63, 3.8) is 0 Å². The van der Waals surface area contributed by atoms with Gasteiger partial charge in [0.25, 0.3) is 5.91 Å². The molecule has 0 aliphatic heterocycles. The number of hydrazone groups is 1. The maximum absolute atomic E-state index is 13.3. The normalized spacial score (nSPS) is 10.9. The molecule has 6 nitrogen and oxygen atoms in total. The van der Waals surface area contributed by atoms with Crippen LogP contribution in [0.4, 0.5) is 5.13 Å². The molecule has 0 aliphatic rings. The highest BCUT2D eigenvalue weighted by Crippen LogP contribution is 2.30. The fraction of sp³-hybridized carbons (Fsp3) is 0.0833. The summed E-state index contributed by atoms with van der Waals surface area (Å²) < 4.78 is 6.16. The van der Waals surface area contributed by atoms with Gasteiger partial charge in [0.2, 0.25) is 5.13 Å². The smallest absolute Gasteiger partial charge is 0.280 e. The molecule has 1 heterocycles. The Labute approximate surface area is 183 Å². The van der Waals surface area contributed by atoms with E-state index in [0.29, 0.717) is 16.3 Å². The van der Waals surface area contributed by atoms with E-state index >= 15 is 0 Å². The number of aromatic nitrogens is 1. The molecule has 1 aromatic heterocycles. The van der Waals surface area contributed by atoms with Crippen LogP contribution in [0.5, 0.6) is 5.75 Å². The number of anilines is 1. The van der Waals surface area contributed by atoms with E-state index in [4.69, 9.17) is 10.00 Å². The van der Waals surface area contributed by atoms with Gasteiger partial charge in [-0.15, -0.1) is 0 Å². The first-order valence-electron chi connectivity index (χ1n) is 9.47. The molecule has 0 bridgehead atoms. The van der Waals surface area contributed by atoms with Gasteiger partial charge < -0.3 is 4.74 Å². The van der Waals surface area contributed by atoms with E-state index in [9.17, 15) is 4.79 Å². The molecule has 0 fully saturated rings. The van der Waals surface area contributed by atoms with Crippen molar-refractivity contribution in [1.29, 1.82) is 5.26 Å². The van der Waals surface area contributed by atoms with Gasteiger partial charge in [0.1, 0.15) is 5.75 Å². The number of amides is 1. The molecule has 1 amide bonds. The van der Waals surface area contributed by atoms with Crippen molar-refractivity contribution in [1.82, 2.24) is 4.98 Å². The third kappa shape index (κ3) is 4.44. The summed E-state index contributed by atoms with van der Waals surface area (Å²) in [5.74, 6) is 0.411. The van der Waals surface area contributed by atoms with Gasteiger partial charge in [-0.25, -0.2) is 4.98 Å². The summed E-state index contributed by atoms with van der Waals surface area (Å²) in [7, 11) is 1.61. The van der Waals surface area contributed by atoms with E-state index in [1.807, 2.05) is 49.4 Å². The number of carbonyl (C=O) groups excluding carboxylic acids is 1. The molecule has 0 unspecified atom stereocenters. The van der Waals surface area contributed by atoms with Crippen LogP contribution in [0.1, 0.15) is 27.0 Å². The number of nitriles is 1. The molecular formula is C24H18N4O2S. The average Bonchev–Trinajstić information content (AvgIpc) is 3.22. The maximum Gasteiger partial charge on any atom is 0.280 e. The Kier molecular flexibility index (Phi) is 5.74. The standard InChI is InChI=1S/C24H18N4O2S/c1-16-3-12-21-22(13-16)31-24(27-21)28(23(29)19-8-4-17(14-25)5-9-19)26-15-18-6-10-20(30-2)11-7-18/h3-13,15H,1-2H3/b26-15+. The number of hydrogen-bond acceptors (Lipinski definition) is 6. The summed E-state index contributed by atoms with van der Waals surface area (Å²) in [6.45, 7) is 2.01. The van der Waals surface area contributed by atoms with E-state index in [1.165, 1.54) is 16.3 Å². The maximum atomic E-state index is 13.3. The Morgan fingerprint density at radius 2 is 1.87 bits per heavy atom. The minimum atomic E-state index is -0.329. The number of hydrogen-bond donors (Lipinski definition) is 0. The Bertz CT molecular complexity index is 1300. The van der Waals surface area contributed by atoms with Gasteiger partial charge in [-0.05, 0) is 78.7 Å². The molecule has 152 valence electrons. The molecule has 7 heteroatoms. The first-order chi connectivity index (χ1) is 15.1. The largest absolute Gasteiger partial charge is 0.497 e. The minimum absolute atomic E-state index is 0.329. The SMILES string of the molecule is COc1ccc(/C=N/N(C(=O)c2ccc(C#N)cc2)c2nc3ccc(C)cc3s2)cc1. The summed E-state index contributed by atoms with van der Waals surface area (Å²) in [5.41, 5.74) is 3.65. The molecule has 0 saturated heterocycles. The van der Waals surface area contributed by atoms with E-state index < -0.39 is 0 Å². The van der Waals surface area contributed by atoms with Gasteiger partial charge >= 0.3 is 0 Å². The molecular weight excluding hydrogens is 408 g/mol. The van der Waals surface area contributed by atoms with Crippen molar-refractivity contribution in [2.75, 3.05) is 12.1 Å². The van der Waals surface area contributed by atoms with Gasteiger partial charge in [-0.2, -0.15) is 15.4 Å². The van der Waals surface area contributed by atoms with Gasteiger partial charge in [-0.1, -0.05) is 17.4 Å². The van der Waals surface area contributed by atoms with Gasteiger partial charge in [0.15, 0.2) is 0 Å². The Balaban J connectivity index is 1.73. The number of methoxy groups -OCH3 is 1. The van der Waals surface area contributed by atoms with Crippen LogP contribution < -0.4 is 9.75 Å². The number of thiazole rings is 1. The van der Waals surface area contributed by atoms with Crippen LogP contribution in [0.3, 0.4) is 0 Å². The van der Waals surface area contributed by atoms with Crippen molar-refractivity contribution >= 4 is 38.8 Å². The van der Waals surface area contributed by atoms with E-state index in [0.717, 1.165) is 27.1 Å². The summed E-state index contributed by atoms with van der Waals surface area (Å²) in [6, 6.07) is 21.8. The fourth-order valence-corrected chi connectivity index (χ4v) is 3.94. The van der Waals surface area contributed by atoms with Crippen LogP contribution in [0.25, 0.3) is 10.2 Å². The molecule has 0 saturated carbocycles. The fourth-order valence-electron chi connectivity index (χ4n) is 2.92. The molecule has 0 radical (unpaired) electrons. The van der Waals surface area contributed by atoms with Crippen LogP contribution in [0.15, 0.2) is 71.8 Å². The lowest BCUT2D eigenvalue weighted by molar-refractivity contribution is 0.0988. The van der Waals surface area contributed by atoms with E-state index in [2.05, 4.69) is 16.2 Å². The summed E-state index contributed by atoms with van der Waals surface area (Å²) in [4.78, 5) is 17.9. The highest BCUT2D eigenvalue weighted by molar-refractivity contribution is 7.22. The predicted molar refractivity (Wildman–Crippen MR) is 123 cm³/mol. The first-order valence-corrected chi connectivity index (χ1v) is 10.3. The second kappa shape index (κ2) is 8.78. The third-order valence-corrected chi connectivity index (χ3v) is 5.60. The summed E-state index contributed by atoms with van der Waals surface area (Å²) in [6.07, 6.45) is 1.61. The molecule has 0 aliphatic carbocycles. The molecule has 0 spiro atoms. The van der Waals surface area contributed by atoms with Crippen LogP contribution in [-0.4, -0.2) is 24.2 Å². The molecule has 4 aromatic rings. The second-order valence-electron chi connectivity index (χ2n) is 6.79. The molecule has 0 N–H and O–H groups in total. The zero-order valence-corrected chi connectivity index (χ0v) is 17.8. The van der Waals surface area contributed by atoms with Gasteiger partial charge in [-0.3, -0.25) is 4.79 Å². The van der Waals surface area contributed by atoms with Crippen LogP contribution >= 0.6 is 11.3 Å². The highest BCUT2D eigenvalue weighted by Gasteiger charge is 2.21. The number of aryl methyl sites for hydroxylation is 1. The molecule has 3 aromatic carbocycles. The lowest BCUT2D eigenvalue weighted by atomic mass is 10.1. The number of ether oxygens (including phenoxy) is 1. The van der Waals surface area contributed by atoms with Crippen molar-refractivity contribution in [2.45, 2.75) is 6.92 Å².